The van der Waals surface area contributed by atoms with Crippen LogP contribution < -0.4 is 14.9 Å². The quantitative estimate of drug-likeness (QED) is 0.566. The van der Waals surface area contributed by atoms with E-state index in [-0.39, 0.29) is 23.2 Å². The van der Waals surface area contributed by atoms with E-state index in [9.17, 15) is 9.90 Å². The van der Waals surface area contributed by atoms with Crippen LogP contribution in [0.25, 0.3) is 0 Å². The molecule has 0 aromatic heterocycles. The van der Waals surface area contributed by atoms with Crippen molar-refractivity contribution < 1.29 is 19.4 Å². The van der Waals surface area contributed by atoms with Gasteiger partial charge in [0.2, 0.25) is 5.75 Å². The molecule has 0 spiro atoms. The summed E-state index contributed by atoms with van der Waals surface area (Å²) in [6.45, 7) is 4.00. The van der Waals surface area contributed by atoms with Crippen molar-refractivity contribution in [2.75, 3.05) is 54.0 Å². The topological polar surface area (TPSA) is 86.6 Å². The highest BCUT2D eigenvalue weighted by Gasteiger charge is 2.16. The minimum Gasteiger partial charge on any atom is -0.502 e. The summed E-state index contributed by atoms with van der Waals surface area (Å²) in [5.74, 6) is 0.323. The molecule has 1 heterocycles. The molecular formula is C16H24N4O4. The molecule has 1 amide bonds. The second-order valence-corrected chi connectivity index (χ2v) is 5.65. The molecule has 1 aliphatic rings. The Balaban J connectivity index is 1.90. The van der Waals surface area contributed by atoms with Crippen molar-refractivity contribution in [2.24, 2.45) is 5.10 Å². The number of carbonyl (C=O) groups is 1. The summed E-state index contributed by atoms with van der Waals surface area (Å²) in [5.41, 5.74) is 3.15. The van der Waals surface area contributed by atoms with Crippen molar-refractivity contribution in [2.45, 2.75) is 0 Å². The van der Waals surface area contributed by atoms with Crippen molar-refractivity contribution in [1.82, 2.24) is 15.2 Å². The number of phenolic OH excluding ortho intramolecular Hbond substituents is 1. The molecule has 2 rings (SSSR count). The number of nitrogens with zero attached hydrogens (tertiary/aromatic N) is 3. The fourth-order valence-electron chi connectivity index (χ4n) is 2.41. The van der Waals surface area contributed by atoms with Gasteiger partial charge in [0.1, 0.15) is 0 Å². The number of rotatable bonds is 6. The van der Waals surface area contributed by atoms with Crippen molar-refractivity contribution in [3.8, 4) is 17.2 Å². The number of piperazine rings is 1. The maximum atomic E-state index is 11.9. The molecule has 132 valence electrons. The number of amides is 1. The lowest BCUT2D eigenvalue weighted by molar-refractivity contribution is -0.122. The van der Waals surface area contributed by atoms with Gasteiger partial charge in [-0.1, -0.05) is 0 Å². The third-order valence-corrected chi connectivity index (χ3v) is 3.87. The number of likely N-dealkylation sites (N-methyl/N-ethyl adjacent to an activating group) is 1. The average molecular weight is 336 g/mol. The van der Waals surface area contributed by atoms with Crippen LogP contribution in [-0.4, -0.2) is 81.0 Å². The van der Waals surface area contributed by atoms with Gasteiger partial charge in [-0.15, -0.1) is 0 Å². The number of hydrogen-bond acceptors (Lipinski definition) is 7. The van der Waals surface area contributed by atoms with Crippen LogP contribution in [0.4, 0.5) is 0 Å². The van der Waals surface area contributed by atoms with E-state index in [0.29, 0.717) is 12.1 Å². The van der Waals surface area contributed by atoms with E-state index in [1.165, 1.54) is 20.4 Å². The summed E-state index contributed by atoms with van der Waals surface area (Å²) >= 11 is 0. The van der Waals surface area contributed by atoms with E-state index in [1.54, 1.807) is 12.1 Å². The van der Waals surface area contributed by atoms with Gasteiger partial charge in [0.15, 0.2) is 11.5 Å². The van der Waals surface area contributed by atoms with Crippen LogP contribution in [-0.2, 0) is 4.79 Å². The number of ether oxygens (including phenoxy) is 2. The zero-order valence-electron chi connectivity index (χ0n) is 14.3. The van der Waals surface area contributed by atoms with Crippen LogP contribution in [0, 0.1) is 0 Å². The van der Waals surface area contributed by atoms with Gasteiger partial charge in [0.05, 0.1) is 27.0 Å². The second kappa shape index (κ2) is 8.51. The number of methoxy groups -OCH3 is 2. The van der Waals surface area contributed by atoms with Crippen LogP contribution in [0.5, 0.6) is 17.2 Å². The van der Waals surface area contributed by atoms with Gasteiger partial charge >= 0.3 is 0 Å². The van der Waals surface area contributed by atoms with Crippen LogP contribution in [0.1, 0.15) is 5.56 Å². The Morgan fingerprint density at radius 1 is 1.25 bits per heavy atom. The Morgan fingerprint density at radius 3 is 2.38 bits per heavy atom. The number of hydrazone groups is 1. The summed E-state index contributed by atoms with van der Waals surface area (Å²) in [6.07, 6.45) is 1.48. The minimum atomic E-state index is -0.159. The molecule has 0 aliphatic carbocycles. The van der Waals surface area contributed by atoms with Gasteiger partial charge in [-0.25, -0.2) is 5.43 Å². The summed E-state index contributed by atoms with van der Waals surface area (Å²) in [4.78, 5) is 16.2. The van der Waals surface area contributed by atoms with Crippen molar-refractivity contribution >= 4 is 12.1 Å². The summed E-state index contributed by atoms with van der Waals surface area (Å²) in [5, 5.41) is 13.8. The van der Waals surface area contributed by atoms with Crippen LogP contribution >= 0.6 is 0 Å². The molecule has 0 saturated carbocycles. The fraction of sp³-hybridized carbons (Fsp3) is 0.500. The van der Waals surface area contributed by atoms with Gasteiger partial charge in [-0.3, -0.25) is 9.69 Å². The number of phenols is 1. The molecular weight excluding hydrogens is 312 g/mol. The second-order valence-electron chi connectivity index (χ2n) is 5.65. The zero-order chi connectivity index (χ0) is 17.5. The molecule has 2 N–H and O–H groups in total. The Labute approximate surface area is 141 Å². The Kier molecular flexibility index (Phi) is 6.39. The molecule has 0 atom stereocenters. The van der Waals surface area contributed by atoms with E-state index in [4.69, 9.17) is 9.47 Å². The monoisotopic (exact) mass is 336 g/mol. The van der Waals surface area contributed by atoms with Crippen molar-refractivity contribution in [1.29, 1.82) is 0 Å². The number of carbonyl (C=O) groups excluding carboxylic acids is 1. The molecule has 24 heavy (non-hydrogen) atoms. The van der Waals surface area contributed by atoms with Crippen molar-refractivity contribution in [3.05, 3.63) is 17.7 Å². The first-order valence-corrected chi connectivity index (χ1v) is 7.71. The fourth-order valence-corrected chi connectivity index (χ4v) is 2.41. The molecule has 1 saturated heterocycles. The molecule has 1 aromatic rings. The zero-order valence-corrected chi connectivity index (χ0v) is 14.3. The van der Waals surface area contributed by atoms with E-state index in [0.717, 1.165) is 26.2 Å². The molecule has 1 fully saturated rings. The largest absolute Gasteiger partial charge is 0.502 e. The molecule has 0 bridgehead atoms. The van der Waals surface area contributed by atoms with E-state index in [2.05, 4.69) is 27.4 Å². The molecule has 8 nitrogen and oxygen atoms in total. The first kappa shape index (κ1) is 18.0. The predicted molar refractivity (Wildman–Crippen MR) is 90.9 cm³/mol. The number of nitrogens with one attached hydrogen (secondary N) is 1. The number of hydrogen-bond donors (Lipinski definition) is 2. The molecule has 8 heteroatoms. The minimum absolute atomic E-state index is 0.0729. The van der Waals surface area contributed by atoms with Gasteiger partial charge < -0.3 is 19.5 Å². The lowest BCUT2D eigenvalue weighted by Crippen LogP contribution is -2.47. The van der Waals surface area contributed by atoms with E-state index in [1.807, 2.05) is 0 Å². The van der Waals surface area contributed by atoms with Gasteiger partial charge in [0, 0.05) is 31.7 Å². The maximum Gasteiger partial charge on any atom is 0.254 e. The first-order valence-electron chi connectivity index (χ1n) is 7.71. The molecule has 1 aliphatic heterocycles. The first-order chi connectivity index (χ1) is 11.5. The Hall–Kier alpha value is -2.32. The van der Waals surface area contributed by atoms with Gasteiger partial charge in [-0.05, 0) is 19.2 Å². The standard InChI is InChI=1S/C16H24N4O4/c1-19-4-6-20(7-5-19)11-15(21)18-17-10-12-8-13(23-2)16(22)14(9-12)24-3/h8-10,22H,4-7,11H2,1-3H3,(H,18,21)/b17-10+. The Bertz CT molecular complexity index is 573. The van der Waals surface area contributed by atoms with Crippen LogP contribution in [0.2, 0.25) is 0 Å². The highest BCUT2D eigenvalue weighted by Crippen LogP contribution is 2.36. The third-order valence-electron chi connectivity index (χ3n) is 3.87. The lowest BCUT2D eigenvalue weighted by Gasteiger charge is -2.31. The lowest BCUT2D eigenvalue weighted by atomic mass is 10.2. The molecule has 1 aromatic carbocycles. The van der Waals surface area contributed by atoms with E-state index < -0.39 is 0 Å². The number of benzene rings is 1. The molecule has 0 radical (unpaired) electrons. The van der Waals surface area contributed by atoms with Crippen LogP contribution in [0.3, 0.4) is 0 Å². The predicted octanol–water partition coefficient (Wildman–Crippen LogP) is 0.107. The van der Waals surface area contributed by atoms with E-state index >= 15 is 0 Å². The number of aromatic hydroxyl groups is 1. The summed E-state index contributed by atoms with van der Waals surface area (Å²) in [7, 11) is 4.97. The SMILES string of the molecule is COc1cc(/C=N/NC(=O)CN2CCN(C)CC2)cc(OC)c1O. The highest BCUT2D eigenvalue weighted by atomic mass is 16.5. The normalized spacial score (nSPS) is 16.3. The highest BCUT2D eigenvalue weighted by molar-refractivity contribution is 5.84. The smallest absolute Gasteiger partial charge is 0.254 e. The van der Waals surface area contributed by atoms with Gasteiger partial charge in [0.25, 0.3) is 5.91 Å². The third kappa shape index (κ3) is 4.84. The summed E-state index contributed by atoms with van der Waals surface area (Å²) in [6, 6.07) is 3.21. The van der Waals surface area contributed by atoms with Crippen molar-refractivity contribution in [3.63, 3.8) is 0 Å². The molecule has 0 unspecified atom stereocenters. The maximum absolute atomic E-state index is 11.9. The Morgan fingerprint density at radius 2 is 1.83 bits per heavy atom. The summed E-state index contributed by atoms with van der Waals surface area (Å²) < 4.78 is 10.2. The van der Waals surface area contributed by atoms with Crippen LogP contribution in [0.15, 0.2) is 17.2 Å². The van der Waals surface area contributed by atoms with Gasteiger partial charge in [-0.2, -0.15) is 5.10 Å². The average Bonchev–Trinajstić information content (AvgIpc) is 2.58.